The number of halogens is 2. The summed E-state index contributed by atoms with van der Waals surface area (Å²) < 4.78 is 26.2. The van der Waals surface area contributed by atoms with E-state index in [2.05, 4.69) is 0 Å². The summed E-state index contributed by atoms with van der Waals surface area (Å²) in [6, 6.07) is 11.1. The second-order valence-corrected chi connectivity index (χ2v) is 4.65. The van der Waals surface area contributed by atoms with Crippen molar-refractivity contribution in [2.75, 3.05) is 12.8 Å². The molecular weight excluding hydrogens is 246 g/mol. The lowest BCUT2D eigenvalue weighted by molar-refractivity contribution is 0.318. The topological polar surface area (TPSA) is 29.3 Å². The number of hydrogen-bond acceptors (Lipinski definition) is 2. The first-order chi connectivity index (χ1) is 9.04. The van der Waals surface area contributed by atoms with Gasteiger partial charge in [0, 0.05) is 24.8 Å². The molecule has 2 aromatic carbocycles. The fourth-order valence-corrected chi connectivity index (χ4v) is 2.04. The predicted molar refractivity (Wildman–Crippen MR) is 72.4 cm³/mol. The van der Waals surface area contributed by atoms with Crippen molar-refractivity contribution in [1.29, 1.82) is 0 Å². The molecule has 2 rings (SSSR count). The summed E-state index contributed by atoms with van der Waals surface area (Å²) in [5.74, 6) is -1.11. The zero-order valence-electron chi connectivity index (χ0n) is 10.7. The van der Waals surface area contributed by atoms with Crippen LogP contribution in [0, 0.1) is 11.6 Å². The average Bonchev–Trinajstić information content (AvgIpc) is 2.30. The monoisotopic (exact) mass is 262 g/mol. The second-order valence-electron chi connectivity index (χ2n) is 4.65. The third kappa shape index (κ3) is 3.76. The largest absolute Gasteiger partial charge is 0.398 e. The van der Waals surface area contributed by atoms with Crippen molar-refractivity contribution in [2.24, 2.45) is 0 Å². The van der Waals surface area contributed by atoms with Crippen molar-refractivity contribution in [2.45, 2.75) is 13.1 Å². The maximum atomic E-state index is 13.1. The number of nitrogens with zero attached hydrogens (tertiary/aromatic N) is 1. The quantitative estimate of drug-likeness (QED) is 0.857. The lowest BCUT2D eigenvalue weighted by Crippen LogP contribution is -2.18. The number of benzene rings is 2. The predicted octanol–water partition coefficient (Wildman–Crippen LogP) is 3.18. The molecule has 0 atom stereocenters. The Morgan fingerprint density at radius 1 is 1.00 bits per heavy atom. The Hall–Kier alpha value is -1.94. The Morgan fingerprint density at radius 3 is 2.26 bits per heavy atom. The van der Waals surface area contributed by atoms with E-state index in [1.807, 2.05) is 36.2 Å². The summed E-state index contributed by atoms with van der Waals surface area (Å²) in [7, 11) is 1.88. The number of rotatable bonds is 4. The van der Waals surface area contributed by atoms with Gasteiger partial charge >= 0.3 is 0 Å². The molecule has 0 aliphatic rings. The van der Waals surface area contributed by atoms with Crippen LogP contribution in [-0.2, 0) is 13.1 Å². The molecule has 2 N–H and O–H groups in total. The van der Waals surface area contributed by atoms with Gasteiger partial charge in [-0.05, 0) is 36.4 Å². The van der Waals surface area contributed by atoms with Gasteiger partial charge in [0.1, 0.15) is 11.6 Å². The average molecular weight is 262 g/mol. The van der Waals surface area contributed by atoms with Gasteiger partial charge in [-0.1, -0.05) is 18.2 Å². The molecule has 0 saturated heterocycles. The zero-order valence-corrected chi connectivity index (χ0v) is 10.7. The third-order valence-electron chi connectivity index (χ3n) is 2.87. The molecule has 2 nitrogen and oxygen atoms in total. The number of nitrogens with two attached hydrogens (primary N) is 1. The summed E-state index contributed by atoms with van der Waals surface area (Å²) in [6.07, 6.45) is 0. The number of para-hydroxylation sites is 1. The highest BCUT2D eigenvalue weighted by atomic mass is 19.1. The normalized spacial score (nSPS) is 10.9. The van der Waals surface area contributed by atoms with Crippen LogP contribution in [0.1, 0.15) is 11.1 Å². The van der Waals surface area contributed by atoms with Crippen molar-refractivity contribution in [3.05, 3.63) is 65.2 Å². The maximum absolute atomic E-state index is 13.1. The summed E-state index contributed by atoms with van der Waals surface area (Å²) in [5.41, 5.74) is 8.19. The van der Waals surface area contributed by atoms with E-state index in [4.69, 9.17) is 5.73 Å². The van der Waals surface area contributed by atoms with E-state index in [1.54, 1.807) is 0 Å². The molecule has 0 saturated carbocycles. The van der Waals surface area contributed by atoms with Crippen LogP contribution in [0.2, 0.25) is 0 Å². The van der Waals surface area contributed by atoms with Crippen LogP contribution >= 0.6 is 0 Å². The van der Waals surface area contributed by atoms with E-state index >= 15 is 0 Å². The molecular formula is C15H16F2N2. The van der Waals surface area contributed by atoms with E-state index in [1.165, 1.54) is 12.1 Å². The van der Waals surface area contributed by atoms with Crippen molar-refractivity contribution >= 4 is 5.69 Å². The van der Waals surface area contributed by atoms with Crippen molar-refractivity contribution in [3.8, 4) is 0 Å². The molecule has 100 valence electrons. The number of anilines is 1. The first-order valence-electron chi connectivity index (χ1n) is 6.01. The molecule has 0 radical (unpaired) electrons. The lowest BCUT2D eigenvalue weighted by Gasteiger charge is -2.18. The highest BCUT2D eigenvalue weighted by Gasteiger charge is 2.06. The van der Waals surface area contributed by atoms with Crippen LogP contribution in [0.25, 0.3) is 0 Å². The van der Waals surface area contributed by atoms with Crippen LogP contribution in [0.3, 0.4) is 0 Å². The van der Waals surface area contributed by atoms with Gasteiger partial charge in [0.2, 0.25) is 0 Å². The molecule has 2 aromatic rings. The molecule has 0 amide bonds. The summed E-state index contributed by atoms with van der Waals surface area (Å²) in [4.78, 5) is 1.96. The lowest BCUT2D eigenvalue weighted by atomic mass is 10.1. The van der Waals surface area contributed by atoms with Gasteiger partial charge in [0.15, 0.2) is 0 Å². The van der Waals surface area contributed by atoms with E-state index in [9.17, 15) is 8.78 Å². The Kier molecular flexibility index (Phi) is 4.12. The molecule has 0 heterocycles. The number of hydrogen-bond donors (Lipinski definition) is 1. The van der Waals surface area contributed by atoms with E-state index < -0.39 is 11.6 Å². The van der Waals surface area contributed by atoms with Gasteiger partial charge in [0.25, 0.3) is 0 Å². The van der Waals surface area contributed by atoms with Gasteiger partial charge < -0.3 is 5.73 Å². The van der Waals surface area contributed by atoms with Gasteiger partial charge in [-0.3, -0.25) is 4.90 Å². The van der Waals surface area contributed by atoms with Gasteiger partial charge in [-0.15, -0.1) is 0 Å². The summed E-state index contributed by atoms with van der Waals surface area (Å²) >= 11 is 0. The molecule has 0 spiro atoms. The number of nitrogen functional groups attached to an aromatic ring is 1. The van der Waals surface area contributed by atoms with Crippen molar-refractivity contribution in [3.63, 3.8) is 0 Å². The first-order valence-corrected chi connectivity index (χ1v) is 6.01. The van der Waals surface area contributed by atoms with E-state index in [0.29, 0.717) is 18.7 Å². The van der Waals surface area contributed by atoms with Crippen LogP contribution < -0.4 is 5.73 Å². The summed E-state index contributed by atoms with van der Waals surface area (Å²) in [5, 5.41) is 0. The Morgan fingerprint density at radius 2 is 1.63 bits per heavy atom. The standard InChI is InChI=1S/C15H16F2N2/c1-19(10-12-4-2-3-5-15(12)18)9-11-6-13(16)8-14(17)7-11/h2-8H,9-10,18H2,1H3. The van der Waals surface area contributed by atoms with E-state index in [-0.39, 0.29) is 0 Å². The smallest absolute Gasteiger partial charge is 0.126 e. The maximum Gasteiger partial charge on any atom is 0.126 e. The van der Waals surface area contributed by atoms with Crippen LogP contribution in [0.15, 0.2) is 42.5 Å². The fraction of sp³-hybridized carbons (Fsp3) is 0.200. The molecule has 4 heteroatoms. The van der Waals surface area contributed by atoms with Crippen LogP contribution in [0.4, 0.5) is 14.5 Å². The van der Waals surface area contributed by atoms with Crippen molar-refractivity contribution in [1.82, 2.24) is 4.90 Å². The Bertz CT molecular complexity index is 550. The molecule has 0 fully saturated rings. The van der Waals surface area contributed by atoms with Crippen molar-refractivity contribution < 1.29 is 8.78 Å². The molecule has 0 aromatic heterocycles. The molecule has 0 aliphatic carbocycles. The van der Waals surface area contributed by atoms with Gasteiger partial charge in [-0.2, -0.15) is 0 Å². The fourth-order valence-electron chi connectivity index (χ4n) is 2.04. The molecule has 0 bridgehead atoms. The minimum Gasteiger partial charge on any atom is -0.398 e. The highest BCUT2D eigenvalue weighted by Crippen LogP contribution is 2.15. The molecule has 0 unspecified atom stereocenters. The zero-order chi connectivity index (χ0) is 13.8. The Labute approximate surface area is 111 Å². The molecule has 0 aliphatic heterocycles. The summed E-state index contributed by atoms with van der Waals surface area (Å²) in [6.45, 7) is 1.09. The first kappa shape index (κ1) is 13.5. The minimum absolute atomic E-state index is 0.461. The van der Waals surface area contributed by atoms with Crippen LogP contribution in [0.5, 0.6) is 0 Å². The molecule has 19 heavy (non-hydrogen) atoms. The third-order valence-corrected chi connectivity index (χ3v) is 2.87. The Balaban J connectivity index is 2.05. The van der Waals surface area contributed by atoms with Crippen LogP contribution in [-0.4, -0.2) is 11.9 Å². The second kappa shape index (κ2) is 5.80. The highest BCUT2D eigenvalue weighted by molar-refractivity contribution is 5.46. The minimum atomic E-state index is -0.553. The SMILES string of the molecule is CN(Cc1cc(F)cc(F)c1)Cc1ccccc1N. The van der Waals surface area contributed by atoms with E-state index in [0.717, 1.165) is 17.3 Å². The van der Waals surface area contributed by atoms with Gasteiger partial charge in [0.05, 0.1) is 0 Å². The van der Waals surface area contributed by atoms with Gasteiger partial charge in [-0.25, -0.2) is 8.78 Å².